The fourth-order valence-corrected chi connectivity index (χ4v) is 2.63. The van der Waals surface area contributed by atoms with Gasteiger partial charge in [-0.15, -0.1) is 11.3 Å². The van der Waals surface area contributed by atoms with Crippen LogP contribution in [0.2, 0.25) is 10.0 Å². The minimum absolute atomic E-state index is 0.124. The first-order chi connectivity index (χ1) is 10.5. The number of carbonyl (C=O) groups excluding carboxylic acids is 1. The molecule has 0 aliphatic heterocycles. The van der Waals surface area contributed by atoms with Crippen molar-refractivity contribution < 1.29 is 9.53 Å². The predicted octanol–water partition coefficient (Wildman–Crippen LogP) is 4.56. The highest BCUT2D eigenvalue weighted by Gasteiger charge is 2.13. The van der Waals surface area contributed by atoms with E-state index in [1.807, 2.05) is 13.8 Å². The van der Waals surface area contributed by atoms with Crippen molar-refractivity contribution in [1.82, 2.24) is 10.3 Å². The lowest BCUT2D eigenvalue weighted by atomic mass is 10.2. The van der Waals surface area contributed by atoms with Gasteiger partial charge >= 0.3 is 0 Å². The van der Waals surface area contributed by atoms with Crippen molar-refractivity contribution in [3.05, 3.63) is 44.3 Å². The minimum atomic E-state index is -0.169. The number of amides is 1. The molecule has 22 heavy (non-hydrogen) atoms. The number of rotatable bonds is 6. The number of halogens is 2. The maximum Gasteiger partial charge on any atom is 0.270 e. The molecule has 1 N–H and O–H groups in total. The molecule has 0 spiro atoms. The molecule has 1 aromatic carbocycles. The van der Waals surface area contributed by atoms with Crippen LogP contribution in [0.25, 0.3) is 0 Å². The number of thiazole rings is 1. The second-order valence-electron chi connectivity index (χ2n) is 4.77. The Hall–Kier alpha value is -1.30. The molecule has 2 aromatic rings. The van der Waals surface area contributed by atoms with Gasteiger partial charge in [0, 0.05) is 22.5 Å². The van der Waals surface area contributed by atoms with Crippen molar-refractivity contribution in [2.75, 3.05) is 0 Å². The molecule has 0 saturated carbocycles. The molecule has 1 amide bonds. The molecule has 0 radical (unpaired) electrons. The molecule has 0 aliphatic carbocycles. The van der Waals surface area contributed by atoms with Crippen LogP contribution in [0.3, 0.4) is 0 Å². The van der Waals surface area contributed by atoms with Crippen LogP contribution in [0, 0.1) is 0 Å². The van der Waals surface area contributed by atoms with Crippen LogP contribution in [-0.2, 0) is 6.61 Å². The Labute approximate surface area is 143 Å². The van der Waals surface area contributed by atoms with Crippen LogP contribution in [0.5, 0.6) is 5.75 Å². The van der Waals surface area contributed by atoms with E-state index in [0.717, 1.165) is 6.42 Å². The fraction of sp³-hybridized carbons (Fsp3) is 0.333. The number of benzene rings is 1. The van der Waals surface area contributed by atoms with E-state index in [9.17, 15) is 4.79 Å². The lowest BCUT2D eigenvalue weighted by Gasteiger charge is -2.09. The van der Waals surface area contributed by atoms with Crippen molar-refractivity contribution in [3.8, 4) is 5.75 Å². The number of hydrogen-bond acceptors (Lipinski definition) is 4. The van der Waals surface area contributed by atoms with E-state index < -0.39 is 0 Å². The summed E-state index contributed by atoms with van der Waals surface area (Å²) in [6.07, 6.45) is 0.874. The van der Waals surface area contributed by atoms with E-state index in [2.05, 4.69) is 10.3 Å². The average molecular weight is 359 g/mol. The first kappa shape index (κ1) is 17.1. The van der Waals surface area contributed by atoms with Crippen LogP contribution in [0.1, 0.15) is 35.8 Å². The van der Waals surface area contributed by atoms with Crippen LogP contribution in [-0.4, -0.2) is 16.9 Å². The van der Waals surface area contributed by atoms with Crippen molar-refractivity contribution in [2.45, 2.75) is 32.9 Å². The van der Waals surface area contributed by atoms with Gasteiger partial charge in [-0.25, -0.2) is 4.98 Å². The Morgan fingerprint density at radius 3 is 2.95 bits per heavy atom. The van der Waals surface area contributed by atoms with Crippen molar-refractivity contribution in [2.24, 2.45) is 0 Å². The van der Waals surface area contributed by atoms with E-state index in [4.69, 9.17) is 27.9 Å². The Kier molecular flexibility index (Phi) is 6.06. The molecule has 118 valence electrons. The zero-order chi connectivity index (χ0) is 16.1. The molecule has 2 rings (SSSR count). The van der Waals surface area contributed by atoms with Gasteiger partial charge in [0.1, 0.15) is 23.1 Å². The molecule has 1 heterocycles. The fourth-order valence-electron chi connectivity index (χ4n) is 1.61. The van der Waals surface area contributed by atoms with E-state index in [1.54, 1.807) is 23.6 Å². The highest BCUT2D eigenvalue weighted by Crippen LogP contribution is 2.28. The number of hydrogen-bond donors (Lipinski definition) is 1. The Balaban J connectivity index is 1.97. The van der Waals surface area contributed by atoms with Gasteiger partial charge in [0.15, 0.2) is 0 Å². The maximum atomic E-state index is 12.0. The van der Waals surface area contributed by atoms with Gasteiger partial charge in [-0.2, -0.15) is 0 Å². The lowest BCUT2D eigenvalue weighted by molar-refractivity contribution is 0.0934. The summed E-state index contributed by atoms with van der Waals surface area (Å²) in [7, 11) is 0. The highest BCUT2D eigenvalue weighted by atomic mass is 35.5. The molecule has 1 atom stereocenters. The third-order valence-corrected chi connectivity index (χ3v) is 4.39. The molecule has 0 unspecified atom stereocenters. The van der Waals surface area contributed by atoms with Gasteiger partial charge in [0.25, 0.3) is 5.91 Å². The molecule has 0 fully saturated rings. The smallest absolute Gasteiger partial charge is 0.270 e. The van der Waals surface area contributed by atoms with E-state index >= 15 is 0 Å². The predicted molar refractivity (Wildman–Crippen MR) is 90.1 cm³/mol. The Bertz CT molecular complexity index is 661. The van der Waals surface area contributed by atoms with Gasteiger partial charge in [0.05, 0.1) is 5.02 Å². The SMILES string of the molecule is CC[C@H](C)NC(=O)c1csc(COc2cc(Cl)ccc2Cl)n1. The molecular formula is C15H16Cl2N2O2S. The summed E-state index contributed by atoms with van der Waals surface area (Å²) >= 11 is 13.3. The van der Waals surface area contributed by atoms with Crippen molar-refractivity contribution >= 4 is 40.4 Å². The third kappa shape index (κ3) is 4.60. The molecule has 0 saturated heterocycles. The molecule has 0 aliphatic rings. The molecular weight excluding hydrogens is 343 g/mol. The summed E-state index contributed by atoms with van der Waals surface area (Å²) in [6.45, 7) is 4.21. The molecule has 0 bridgehead atoms. The summed E-state index contributed by atoms with van der Waals surface area (Å²) in [6, 6.07) is 5.14. The quantitative estimate of drug-likeness (QED) is 0.823. The van der Waals surface area contributed by atoms with Crippen LogP contribution in [0.15, 0.2) is 23.6 Å². The van der Waals surface area contributed by atoms with Gasteiger partial charge in [-0.05, 0) is 25.5 Å². The second-order valence-corrected chi connectivity index (χ2v) is 6.56. The van der Waals surface area contributed by atoms with Gasteiger partial charge in [-0.3, -0.25) is 4.79 Å². The summed E-state index contributed by atoms with van der Waals surface area (Å²) in [5, 5.41) is 6.32. The third-order valence-electron chi connectivity index (χ3n) is 3.02. The Morgan fingerprint density at radius 1 is 1.45 bits per heavy atom. The molecule has 4 nitrogen and oxygen atoms in total. The van der Waals surface area contributed by atoms with Crippen molar-refractivity contribution in [3.63, 3.8) is 0 Å². The largest absolute Gasteiger partial charge is 0.485 e. The summed E-state index contributed by atoms with van der Waals surface area (Å²) in [4.78, 5) is 16.2. The normalized spacial score (nSPS) is 12.0. The first-order valence-corrected chi connectivity index (χ1v) is 8.46. The number of aromatic nitrogens is 1. The number of ether oxygens (including phenoxy) is 1. The van der Waals surface area contributed by atoms with Crippen LogP contribution < -0.4 is 10.1 Å². The zero-order valence-corrected chi connectivity index (χ0v) is 14.6. The number of nitrogens with one attached hydrogen (secondary N) is 1. The van der Waals surface area contributed by atoms with E-state index in [0.29, 0.717) is 26.5 Å². The highest BCUT2D eigenvalue weighted by molar-refractivity contribution is 7.09. The van der Waals surface area contributed by atoms with E-state index in [1.165, 1.54) is 11.3 Å². The van der Waals surface area contributed by atoms with Crippen LogP contribution in [0.4, 0.5) is 0 Å². The molecule has 7 heteroatoms. The van der Waals surface area contributed by atoms with Gasteiger partial charge in [0.2, 0.25) is 0 Å². The first-order valence-electron chi connectivity index (χ1n) is 6.82. The minimum Gasteiger partial charge on any atom is -0.485 e. The number of nitrogens with zero attached hydrogens (tertiary/aromatic N) is 1. The standard InChI is InChI=1S/C15H16Cl2N2O2S/c1-3-9(2)18-15(20)12-8-22-14(19-12)7-21-13-6-10(16)4-5-11(13)17/h4-6,8-9H,3,7H2,1-2H3,(H,18,20)/t9-/m0/s1. The number of carbonyl (C=O) groups is 1. The second kappa shape index (κ2) is 7.81. The van der Waals surface area contributed by atoms with Crippen molar-refractivity contribution in [1.29, 1.82) is 0 Å². The molecule has 1 aromatic heterocycles. The summed E-state index contributed by atoms with van der Waals surface area (Å²) in [5.74, 6) is 0.326. The average Bonchev–Trinajstić information content (AvgIpc) is 2.97. The summed E-state index contributed by atoms with van der Waals surface area (Å²) in [5.41, 5.74) is 0.404. The maximum absolute atomic E-state index is 12.0. The topological polar surface area (TPSA) is 51.2 Å². The monoisotopic (exact) mass is 358 g/mol. The summed E-state index contributed by atoms with van der Waals surface area (Å²) < 4.78 is 5.60. The van der Waals surface area contributed by atoms with E-state index in [-0.39, 0.29) is 18.6 Å². The lowest BCUT2D eigenvalue weighted by Crippen LogP contribution is -2.32. The zero-order valence-electron chi connectivity index (χ0n) is 12.2. The van der Waals surface area contributed by atoms with Crippen LogP contribution >= 0.6 is 34.5 Å². The van der Waals surface area contributed by atoms with Gasteiger partial charge < -0.3 is 10.1 Å². The Morgan fingerprint density at radius 2 is 2.23 bits per heavy atom. The van der Waals surface area contributed by atoms with Gasteiger partial charge in [-0.1, -0.05) is 30.1 Å².